The van der Waals surface area contributed by atoms with E-state index >= 15 is 0 Å². The molecule has 1 saturated heterocycles. The van der Waals surface area contributed by atoms with Gasteiger partial charge < -0.3 is 10.1 Å². The molecule has 17 heavy (non-hydrogen) atoms. The first-order chi connectivity index (χ1) is 8.15. The van der Waals surface area contributed by atoms with Gasteiger partial charge in [-0.3, -0.25) is 9.79 Å². The van der Waals surface area contributed by atoms with E-state index in [-0.39, 0.29) is 11.5 Å². The van der Waals surface area contributed by atoms with Crippen LogP contribution in [0, 0.1) is 0 Å². The summed E-state index contributed by atoms with van der Waals surface area (Å²) >= 11 is 1.75. The Morgan fingerprint density at radius 1 is 1.47 bits per heavy atom. The third-order valence-corrected chi connectivity index (χ3v) is 4.29. The molecule has 1 fully saturated rings. The Hall–Kier alpha value is -0.710. The number of thioether (sulfide) groups is 1. The van der Waals surface area contributed by atoms with E-state index in [1.807, 2.05) is 6.92 Å². The highest BCUT2D eigenvalue weighted by molar-refractivity contribution is 8.14. The van der Waals surface area contributed by atoms with Gasteiger partial charge in [-0.05, 0) is 19.8 Å². The molecule has 0 aromatic heterocycles. The normalized spacial score (nSPS) is 20.3. The Labute approximate surface area is 108 Å². The zero-order chi connectivity index (χ0) is 12.7. The van der Waals surface area contributed by atoms with Crippen molar-refractivity contribution in [3.05, 3.63) is 0 Å². The Morgan fingerprint density at radius 3 is 2.71 bits per heavy atom. The smallest absolute Gasteiger partial charge is 0.307 e. The molecule has 0 saturated carbocycles. The van der Waals surface area contributed by atoms with Crippen LogP contribution in [0.25, 0.3) is 0 Å². The zero-order valence-corrected chi connectivity index (χ0v) is 11.7. The van der Waals surface area contributed by atoms with Gasteiger partial charge in [-0.2, -0.15) is 0 Å². The lowest BCUT2D eigenvalue weighted by atomic mass is 9.96. The van der Waals surface area contributed by atoms with Crippen LogP contribution < -0.4 is 5.32 Å². The third kappa shape index (κ3) is 4.22. The molecule has 0 radical (unpaired) electrons. The van der Waals surface area contributed by atoms with E-state index in [0.717, 1.165) is 23.8 Å². The molecule has 1 N–H and O–H groups in total. The molecule has 98 valence electrons. The molecular formula is C12H22N2O2S. The third-order valence-electron chi connectivity index (χ3n) is 3.09. The summed E-state index contributed by atoms with van der Waals surface area (Å²) in [6.07, 6.45) is 2.58. The van der Waals surface area contributed by atoms with Gasteiger partial charge in [0, 0.05) is 11.3 Å². The van der Waals surface area contributed by atoms with Crippen molar-refractivity contribution in [2.24, 2.45) is 4.99 Å². The fourth-order valence-corrected chi connectivity index (χ4v) is 3.07. The van der Waals surface area contributed by atoms with E-state index in [0.29, 0.717) is 19.6 Å². The van der Waals surface area contributed by atoms with Crippen molar-refractivity contribution in [2.45, 2.75) is 45.6 Å². The maximum absolute atomic E-state index is 11.1. The van der Waals surface area contributed by atoms with Crippen LogP contribution in [0.3, 0.4) is 0 Å². The summed E-state index contributed by atoms with van der Waals surface area (Å²) in [4.78, 5) is 15.5. The van der Waals surface area contributed by atoms with Gasteiger partial charge in [0.05, 0.1) is 19.6 Å². The standard InChI is InChI=1S/C12H22N2O2S/c1-4-12(5-2)9-17-11(14-12)13-8-7-10(15)16-6-3/h4-9H2,1-3H3,(H,13,14). The van der Waals surface area contributed by atoms with Gasteiger partial charge in [0.25, 0.3) is 0 Å². The number of rotatable bonds is 6. The van der Waals surface area contributed by atoms with Crippen LogP contribution in [0.4, 0.5) is 0 Å². The highest BCUT2D eigenvalue weighted by atomic mass is 32.2. The minimum Gasteiger partial charge on any atom is -0.466 e. The van der Waals surface area contributed by atoms with Crippen LogP contribution in [-0.4, -0.2) is 35.6 Å². The van der Waals surface area contributed by atoms with Crippen molar-refractivity contribution in [2.75, 3.05) is 18.9 Å². The summed E-state index contributed by atoms with van der Waals surface area (Å²) in [5, 5.41) is 4.44. The maximum Gasteiger partial charge on any atom is 0.307 e. The molecule has 0 unspecified atom stereocenters. The molecule has 1 heterocycles. The van der Waals surface area contributed by atoms with Gasteiger partial charge in [-0.1, -0.05) is 25.6 Å². The van der Waals surface area contributed by atoms with Gasteiger partial charge >= 0.3 is 5.97 Å². The number of carbonyl (C=O) groups excluding carboxylic acids is 1. The predicted octanol–water partition coefficient (Wildman–Crippen LogP) is 2.19. The Kier molecular flexibility index (Phi) is 5.82. The summed E-state index contributed by atoms with van der Waals surface area (Å²) in [5.41, 5.74) is 0.202. The molecule has 0 aliphatic carbocycles. The van der Waals surface area contributed by atoms with Crippen molar-refractivity contribution < 1.29 is 9.53 Å². The fourth-order valence-electron chi connectivity index (χ4n) is 1.70. The molecule has 1 rings (SSSR count). The highest BCUT2D eigenvalue weighted by Gasteiger charge is 2.33. The van der Waals surface area contributed by atoms with Crippen LogP contribution in [0.1, 0.15) is 40.0 Å². The van der Waals surface area contributed by atoms with E-state index in [1.165, 1.54) is 0 Å². The molecule has 0 atom stereocenters. The van der Waals surface area contributed by atoms with Crippen molar-refractivity contribution in [3.63, 3.8) is 0 Å². The van der Waals surface area contributed by atoms with Gasteiger partial charge in [-0.25, -0.2) is 0 Å². The molecule has 5 heteroatoms. The van der Waals surface area contributed by atoms with Crippen LogP contribution in [0.15, 0.2) is 4.99 Å². The molecule has 4 nitrogen and oxygen atoms in total. The fraction of sp³-hybridized carbons (Fsp3) is 0.833. The molecule has 0 amide bonds. The summed E-state index contributed by atoms with van der Waals surface area (Å²) in [7, 11) is 0. The van der Waals surface area contributed by atoms with Gasteiger partial charge in [0.1, 0.15) is 0 Å². The first-order valence-electron chi connectivity index (χ1n) is 6.27. The lowest BCUT2D eigenvalue weighted by Gasteiger charge is -2.25. The minimum atomic E-state index is -0.169. The van der Waals surface area contributed by atoms with E-state index in [1.54, 1.807) is 11.8 Å². The highest BCUT2D eigenvalue weighted by Crippen LogP contribution is 2.28. The first kappa shape index (κ1) is 14.4. The summed E-state index contributed by atoms with van der Waals surface area (Å²) in [6, 6.07) is 0. The van der Waals surface area contributed by atoms with Crippen molar-refractivity contribution in [1.82, 2.24) is 5.32 Å². The first-order valence-corrected chi connectivity index (χ1v) is 7.25. The van der Waals surface area contributed by atoms with E-state index in [4.69, 9.17) is 4.74 Å². The number of amidine groups is 1. The summed E-state index contributed by atoms with van der Waals surface area (Å²) in [5.74, 6) is 0.898. The Morgan fingerprint density at radius 2 is 2.18 bits per heavy atom. The topological polar surface area (TPSA) is 50.7 Å². The number of hydrogen-bond acceptors (Lipinski definition) is 4. The largest absolute Gasteiger partial charge is 0.466 e. The number of hydrogen-bond donors (Lipinski definition) is 1. The lowest BCUT2D eigenvalue weighted by molar-refractivity contribution is -0.142. The number of aliphatic imine (C=N–C) groups is 1. The number of carbonyl (C=O) groups is 1. The monoisotopic (exact) mass is 258 g/mol. The second kappa shape index (κ2) is 6.89. The molecular weight excluding hydrogens is 236 g/mol. The van der Waals surface area contributed by atoms with Gasteiger partial charge in [-0.15, -0.1) is 0 Å². The average molecular weight is 258 g/mol. The predicted molar refractivity (Wildman–Crippen MR) is 72.5 cm³/mol. The van der Waals surface area contributed by atoms with E-state index in [9.17, 15) is 4.79 Å². The Bertz CT molecular complexity index is 288. The van der Waals surface area contributed by atoms with Crippen LogP contribution in [-0.2, 0) is 9.53 Å². The summed E-state index contributed by atoms with van der Waals surface area (Å²) in [6.45, 7) is 7.15. The van der Waals surface area contributed by atoms with Gasteiger partial charge in [0.2, 0.25) is 0 Å². The zero-order valence-electron chi connectivity index (χ0n) is 10.9. The molecule has 0 spiro atoms. The van der Waals surface area contributed by atoms with Crippen molar-refractivity contribution >= 4 is 22.9 Å². The van der Waals surface area contributed by atoms with E-state index < -0.39 is 0 Å². The molecule has 1 aliphatic rings. The summed E-state index contributed by atoms with van der Waals surface area (Å²) < 4.78 is 4.85. The van der Waals surface area contributed by atoms with E-state index in [2.05, 4.69) is 24.2 Å². The second-order valence-electron chi connectivity index (χ2n) is 4.14. The Balaban J connectivity index is 2.35. The average Bonchev–Trinajstić information content (AvgIpc) is 2.74. The second-order valence-corrected chi connectivity index (χ2v) is 5.11. The molecule has 0 aromatic rings. The number of nitrogens with zero attached hydrogens (tertiary/aromatic N) is 1. The molecule has 0 aromatic carbocycles. The number of ether oxygens (including phenoxy) is 1. The number of nitrogens with one attached hydrogen (secondary N) is 1. The quantitative estimate of drug-likeness (QED) is 0.742. The van der Waals surface area contributed by atoms with Crippen molar-refractivity contribution in [3.8, 4) is 0 Å². The van der Waals surface area contributed by atoms with Crippen LogP contribution in [0.5, 0.6) is 0 Å². The number of esters is 1. The molecule has 1 aliphatic heterocycles. The lowest BCUT2D eigenvalue weighted by Crippen LogP contribution is -2.42. The van der Waals surface area contributed by atoms with Crippen molar-refractivity contribution in [1.29, 1.82) is 0 Å². The maximum atomic E-state index is 11.1. The molecule has 0 bridgehead atoms. The SMILES string of the molecule is CCOC(=O)CCN=C1NC(CC)(CC)CS1. The van der Waals surface area contributed by atoms with Crippen LogP contribution in [0.2, 0.25) is 0 Å². The van der Waals surface area contributed by atoms with Crippen LogP contribution >= 0.6 is 11.8 Å². The minimum absolute atomic E-state index is 0.169. The van der Waals surface area contributed by atoms with Gasteiger partial charge in [0.15, 0.2) is 5.17 Å².